The summed E-state index contributed by atoms with van der Waals surface area (Å²) in [5.74, 6) is 1.90. The Morgan fingerprint density at radius 3 is 2.68 bits per heavy atom. The van der Waals surface area contributed by atoms with Crippen molar-refractivity contribution in [3.05, 3.63) is 29.3 Å². The van der Waals surface area contributed by atoms with Gasteiger partial charge in [0.2, 0.25) is 0 Å². The molecule has 2 unspecified atom stereocenters. The summed E-state index contributed by atoms with van der Waals surface area (Å²) in [6, 6.07) is 5.78. The molecular formula is C14H23NO3S. The van der Waals surface area contributed by atoms with Crippen LogP contribution in [0.3, 0.4) is 0 Å². The highest BCUT2D eigenvalue weighted by atomic mass is 32.2. The Balaban J connectivity index is 2.74. The molecule has 2 atom stereocenters. The lowest BCUT2D eigenvalue weighted by Gasteiger charge is -2.12. The van der Waals surface area contributed by atoms with Crippen molar-refractivity contribution in [3.8, 4) is 5.75 Å². The molecule has 0 bridgehead atoms. The van der Waals surface area contributed by atoms with E-state index in [1.807, 2.05) is 25.1 Å². The zero-order valence-corrected chi connectivity index (χ0v) is 12.7. The summed E-state index contributed by atoms with van der Waals surface area (Å²) in [7, 11) is 2.37. The molecule has 1 aromatic rings. The molecule has 2 N–H and O–H groups in total. The van der Waals surface area contributed by atoms with Crippen LogP contribution in [0.25, 0.3) is 0 Å². The van der Waals surface area contributed by atoms with Gasteiger partial charge in [-0.1, -0.05) is 6.07 Å². The largest absolute Gasteiger partial charge is 0.496 e. The molecule has 0 radical (unpaired) electrons. The predicted molar refractivity (Wildman–Crippen MR) is 78.8 cm³/mol. The summed E-state index contributed by atoms with van der Waals surface area (Å²) < 4.78 is 22.3. The molecule has 0 heterocycles. The molecule has 0 aliphatic heterocycles. The molecule has 0 aliphatic carbocycles. The number of methoxy groups -OCH3 is 2. The normalized spacial score (nSPS) is 14.1. The van der Waals surface area contributed by atoms with Gasteiger partial charge in [-0.2, -0.15) is 0 Å². The fourth-order valence-corrected chi connectivity index (χ4v) is 2.96. The van der Waals surface area contributed by atoms with Crippen molar-refractivity contribution in [1.82, 2.24) is 0 Å². The average Bonchev–Trinajstić information content (AvgIpc) is 2.38. The first-order chi connectivity index (χ1) is 9.08. The van der Waals surface area contributed by atoms with Crippen molar-refractivity contribution in [3.63, 3.8) is 0 Å². The molecule has 5 heteroatoms. The van der Waals surface area contributed by atoms with Crippen LogP contribution in [0.15, 0.2) is 18.2 Å². The summed E-state index contributed by atoms with van der Waals surface area (Å²) in [5.41, 5.74) is 7.85. The van der Waals surface area contributed by atoms with E-state index in [-0.39, 0.29) is 6.04 Å². The van der Waals surface area contributed by atoms with Gasteiger partial charge >= 0.3 is 0 Å². The van der Waals surface area contributed by atoms with Gasteiger partial charge < -0.3 is 15.2 Å². The third kappa shape index (κ3) is 5.30. The molecule has 19 heavy (non-hydrogen) atoms. The Morgan fingerprint density at radius 1 is 1.37 bits per heavy atom. The fourth-order valence-electron chi connectivity index (χ4n) is 1.80. The minimum absolute atomic E-state index is 0.0356. The number of ether oxygens (including phenoxy) is 2. The van der Waals surface area contributed by atoms with E-state index in [1.165, 1.54) is 0 Å². The van der Waals surface area contributed by atoms with Crippen LogP contribution in [0, 0.1) is 0 Å². The Kier molecular flexibility index (Phi) is 7.05. The van der Waals surface area contributed by atoms with Crippen molar-refractivity contribution in [2.45, 2.75) is 25.1 Å². The first-order valence-electron chi connectivity index (χ1n) is 6.34. The van der Waals surface area contributed by atoms with Crippen molar-refractivity contribution in [1.29, 1.82) is 0 Å². The maximum absolute atomic E-state index is 12.0. The zero-order valence-electron chi connectivity index (χ0n) is 11.8. The monoisotopic (exact) mass is 285 g/mol. The van der Waals surface area contributed by atoms with Crippen LogP contribution in [0.1, 0.15) is 30.5 Å². The molecule has 0 amide bonds. The lowest BCUT2D eigenvalue weighted by atomic mass is 10.1. The zero-order chi connectivity index (χ0) is 14.3. The van der Waals surface area contributed by atoms with E-state index in [0.29, 0.717) is 18.1 Å². The van der Waals surface area contributed by atoms with Gasteiger partial charge in [-0.15, -0.1) is 0 Å². The fraction of sp³-hybridized carbons (Fsp3) is 0.571. The molecule has 108 valence electrons. The highest BCUT2D eigenvalue weighted by Crippen LogP contribution is 2.24. The van der Waals surface area contributed by atoms with E-state index < -0.39 is 10.8 Å². The van der Waals surface area contributed by atoms with Crippen molar-refractivity contribution < 1.29 is 13.7 Å². The quantitative estimate of drug-likeness (QED) is 0.742. The molecule has 0 fully saturated rings. The first kappa shape index (κ1) is 16.1. The van der Waals surface area contributed by atoms with Crippen LogP contribution in [-0.2, 0) is 21.3 Å². The second-order valence-electron chi connectivity index (χ2n) is 4.49. The molecule has 1 aromatic carbocycles. The van der Waals surface area contributed by atoms with Crippen LogP contribution in [0.5, 0.6) is 5.75 Å². The van der Waals surface area contributed by atoms with E-state index in [4.69, 9.17) is 15.2 Å². The van der Waals surface area contributed by atoms with Gasteiger partial charge in [0.05, 0.1) is 12.9 Å². The molecule has 1 rings (SSSR count). The van der Waals surface area contributed by atoms with Crippen LogP contribution < -0.4 is 10.5 Å². The van der Waals surface area contributed by atoms with Crippen LogP contribution in [0.4, 0.5) is 0 Å². The van der Waals surface area contributed by atoms with Gasteiger partial charge in [0.15, 0.2) is 0 Å². The SMILES string of the molecule is COCCCS(=O)Cc1cc(C(C)N)ccc1OC. The summed E-state index contributed by atoms with van der Waals surface area (Å²) in [4.78, 5) is 0. The Hall–Kier alpha value is -0.910. The Labute approximate surface area is 117 Å². The number of hydrogen-bond donors (Lipinski definition) is 1. The smallest absolute Gasteiger partial charge is 0.123 e. The average molecular weight is 285 g/mol. The number of rotatable bonds is 8. The summed E-state index contributed by atoms with van der Waals surface area (Å²) in [6.45, 7) is 2.57. The van der Waals surface area contributed by atoms with Crippen LogP contribution in [-0.4, -0.2) is 30.8 Å². The van der Waals surface area contributed by atoms with Crippen LogP contribution in [0.2, 0.25) is 0 Å². The summed E-state index contributed by atoms with van der Waals surface area (Å²) in [5, 5.41) is 0. The minimum atomic E-state index is -0.907. The second-order valence-corrected chi connectivity index (χ2v) is 6.07. The van der Waals surface area contributed by atoms with Gasteiger partial charge in [0.1, 0.15) is 5.75 Å². The first-order valence-corrected chi connectivity index (χ1v) is 7.83. The Morgan fingerprint density at radius 2 is 2.11 bits per heavy atom. The predicted octanol–water partition coefficient (Wildman–Crippen LogP) is 2.00. The third-order valence-electron chi connectivity index (χ3n) is 2.87. The third-order valence-corrected chi connectivity index (χ3v) is 4.24. The lowest BCUT2D eigenvalue weighted by molar-refractivity contribution is 0.200. The maximum atomic E-state index is 12.0. The number of hydrogen-bond acceptors (Lipinski definition) is 4. The second kappa shape index (κ2) is 8.30. The maximum Gasteiger partial charge on any atom is 0.123 e. The van der Waals surface area contributed by atoms with Gasteiger partial charge in [-0.25, -0.2) is 0 Å². The highest BCUT2D eigenvalue weighted by Gasteiger charge is 2.10. The summed E-state index contributed by atoms with van der Waals surface area (Å²) >= 11 is 0. The van der Waals surface area contributed by atoms with Crippen molar-refractivity contribution >= 4 is 10.8 Å². The molecule has 0 spiro atoms. The van der Waals surface area contributed by atoms with Gasteiger partial charge in [-0.3, -0.25) is 4.21 Å². The van der Waals surface area contributed by atoms with E-state index in [9.17, 15) is 4.21 Å². The highest BCUT2D eigenvalue weighted by molar-refractivity contribution is 7.84. The lowest BCUT2D eigenvalue weighted by Crippen LogP contribution is -2.08. The van der Waals surface area contributed by atoms with E-state index in [0.717, 1.165) is 23.3 Å². The molecule has 0 aliphatic rings. The van der Waals surface area contributed by atoms with Crippen molar-refractivity contribution in [2.24, 2.45) is 5.73 Å². The van der Waals surface area contributed by atoms with Gasteiger partial charge in [0, 0.05) is 41.9 Å². The molecule has 0 aromatic heterocycles. The van der Waals surface area contributed by atoms with Gasteiger partial charge in [-0.05, 0) is 31.0 Å². The molecular weight excluding hydrogens is 262 g/mol. The minimum Gasteiger partial charge on any atom is -0.496 e. The van der Waals surface area contributed by atoms with E-state index >= 15 is 0 Å². The summed E-state index contributed by atoms with van der Waals surface area (Å²) in [6.07, 6.45) is 0.804. The number of nitrogens with two attached hydrogens (primary N) is 1. The topological polar surface area (TPSA) is 61.5 Å². The van der Waals surface area contributed by atoms with E-state index in [1.54, 1.807) is 14.2 Å². The standard InChI is InChI=1S/C14H23NO3S/c1-11(15)12-5-6-14(18-3)13(9-12)10-19(16)8-4-7-17-2/h5-6,9,11H,4,7-8,10,15H2,1-3H3. The van der Waals surface area contributed by atoms with Crippen molar-refractivity contribution in [2.75, 3.05) is 26.6 Å². The van der Waals surface area contributed by atoms with Crippen LogP contribution >= 0.6 is 0 Å². The van der Waals surface area contributed by atoms with E-state index in [2.05, 4.69) is 0 Å². The Bertz CT molecular complexity index is 421. The molecule has 0 saturated heterocycles. The van der Waals surface area contributed by atoms with Gasteiger partial charge in [0.25, 0.3) is 0 Å². The molecule has 0 saturated carbocycles. The molecule has 4 nitrogen and oxygen atoms in total. The number of benzene rings is 1.